The van der Waals surface area contributed by atoms with E-state index in [2.05, 4.69) is 25.9 Å². The highest BCUT2D eigenvalue weighted by molar-refractivity contribution is 7.89. The number of nitrogens with two attached hydrogens (primary N) is 1. The van der Waals surface area contributed by atoms with Crippen molar-refractivity contribution in [2.45, 2.75) is 18.4 Å². The van der Waals surface area contributed by atoms with Crippen LogP contribution >= 0.6 is 0 Å². The number of H-pyrrole nitrogens is 1. The summed E-state index contributed by atoms with van der Waals surface area (Å²) in [5.74, 6) is 0.177. The Morgan fingerprint density at radius 3 is 2.52 bits per heavy atom. The Morgan fingerprint density at radius 2 is 1.92 bits per heavy atom. The molecule has 3 rings (SSSR count). The zero-order valence-corrected chi connectivity index (χ0v) is 14.4. The number of sulfonamides is 1. The zero-order valence-electron chi connectivity index (χ0n) is 13.6. The Labute approximate surface area is 145 Å². The predicted molar refractivity (Wildman–Crippen MR) is 93.8 cm³/mol. The number of primary sulfonamides is 1. The third kappa shape index (κ3) is 3.73. The smallest absolute Gasteiger partial charge is 0.238 e. The van der Waals surface area contributed by atoms with Gasteiger partial charge in [0.25, 0.3) is 0 Å². The summed E-state index contributed by atoms with van der Waals surface area (Å²) in [5.41, 5.74) is 2.97. The van der Waals surface area contributed by atoms with E-state index in [1.54, 1.807) is 12.1 Å². The van der Waals surface area contributed by atoms with Gasteiger partial charge >= 0.3 is 0 Å². The monoisotopic (exact) mass is 358 g/mol. The molecule has 2 aromatic carbocycles. The van der Waals surface area contributed by atoms with Gasteiger partial charge in [0, 0.05) is 6.54 Å². The van der Waals surface area contributed by atoms with Crippen LogP contribution < -0.4 is 10.5 Å². The summed E-state index contributed by atoms with van der Waals surface area (Å²) in [6, 6.07) is 12.7. The first kappa shape index (κ1) is 17.2. The standard InChI is InChI=1S/C16H18N6O2S/c1-2-18-10-11-6-8-12(9-7-11)13-4-3-5-14(25(17,23)24)15(13)16-19-21-22-20-16/h3-9,18H,2,10H2,1H3,(H2,17,23,24)(H,19,20,21,22). The molecule has 0 fully saturated rings. The second-order valence-corrected chi connectivity index (χ2v) is 6.97. The Bertz CT molecular complexity index is 953. The highest BCUT2D eigenvalue weighted by Crippen LogP contribution is 2.34. The number of hydrogen-bond acceptors (Lipinski definition) is 6. The minimum Gasteiger partial charge on any atom is -0.313 e. The van der Waals surface area contributed by atoms with E-state index in [0.717, 1.165) is 24.2 Å². The van der Waals surface area contributed by atoms with E-state index >= 15 is 0 Å². The summed E-state index contributed by atoms with van der Waals surface area (Å²) in [6.07, 6.45) is 0. The minimum absolute atomic E-state index is 0.0388. The van der Waals surface area contributed by atoms with E-state index in [4.69, 9.17) is 5.14 Å². The Balaban J connectivity index is 2.13. The van der Waals surface area contributed by atoms with Gasteiger partial charge in [0.2, 0.25) is 15.8 Å². The van der Waals surface area contributed by atoms with E-state index in [9.17, 15) is 8.42 Å². The highest BCUT2D eigenvalue weighted by Gasteiger charge is 2.22. The number of rotatable bonds is 6. The molecule has 0 bridgehead atoms. The lowest BCUT2D eigenvalue weighted by Crippen LogP contribution is -2.14. The van der Waals surface area contributed by atoms with Gasteiger partial charge in [0.15, 0.2) is 0 Å². The Morgan fingerprint density at radius 1 is 1.16 bits per heavy atom. The fourth-order valence-electron chi connectivity index (χ4n) is 2.58. The molecule has 0 saturated carbocycles. The second-order valence-electron chi connectivity index (χ2n) is 5.44. The van der Waals surface area contributed by atoms with Crippen molar-refractivity contribution < 1.29 is 8.42 Å². The molecule has 0 aliphatic rings. The van der Waals surface area contributed by atoms with Crippen LogP contribution in [0.15, 0.2) is 47.4 Å². The van der Waals surface area contributed by atoms with Crippen LogP contribution in [0, 0.1) is 0 Å². The fourth-order valence-corrected chi connectivity index (χ4v) is 3.33. The number of nitrogens with zero attached hydrogens (tertiary/aromatic N) is 3. The second kappa shape index (κ2) is 7.09. The summed E-state index contributed by atoms with van der Waals surface area (Å²) in [7, 11) is -3.94. The molecule has 0 radical (unpaired) electrons. The van der Waals surface area contributed by atoms with Crippen LogP contribution in [0.3, 0.4) is 0 Å². The van der Waals surface area contributed by atoms with Crippen LogP contribution in [-0.4, -0.2) is 35.6 Å². The van der Waals surface area contributed by atoms with Gasteiger partial charge in [-0.25, -0.2) is 13.6 Å². The topological polar surface area (TPSA) is 127 Å². The van der Waals surface area contributed by atoms with E-state index in [-0.39, 0.29) is 10.7 Å². The molecule has 0 amide bonds. The maximum Gasteiger partial charge on any atom is 0.238 e. The first-order valence-electron chi connectivity index (χ1n) is 7.70. The summed E-state index contributed by atoms with van der Waals surface area (Å²) in [5, 5.41) is 22.3. The molecule has 8 nitrogen and oxygen atoms in total. The molecule has 0 saturated heterocycles. The van der Waals surface area contributed by atoms with Crippen LogP contribution in [0.1, 0.15) is 12.5 Å². The average molecular weight is 358 g/mol. The molecule has 0 unspecified atom stereocenters. The van der Waals surface area contributed by atoms with Crippen molar-refractivity contribution >= 4 is 10.0 Å². The number of benzene rings is 2. The van der Waals surface area contributed by atoms with Crippen LogP contribution in [0.5, 0.6) is 0 Å². The number of aromatic amines is 1. The van der Waals surface area contributed by atoms with Crippen molar-refractivity contribution in [1.82, 2.24) is 25.9 Å². The normalized spacial score (nSPS) is 11.6. The maximum absolute atomic E-state index is 12.0. The van der Waals surface area contributed by atoms with E-state index < -0.39 is 10.0 Å². The van der Waals surface area contributed by atoms with Crippen molar-refractivity contribution in [1.29, 1.82) is 0 Å². The molecule has 3 aromatic rings. The molecule has 1 aromatic heterocycles. The summed E-state index contributed by atoms with van der Waals surface area (Å²) < 4.78 is 24.0. The molecular formula is C16H18N6O2S. The first-order valence-corrected chi connectivity index (χ1v) is 9.25. The van der Waals surface area contributed by atoms with Gasteiger partial charge in [-0.2, -0.15) is 5.21 Å². The Kier molecular flexibility index (Phi) is 4.88. The van der Waals surface area contributed by atoms with Crippen LogP contribution in [0.4, 0.5) is 0 Å². The molecule has 1 heterocycles. The minimum atomic E-state index is -3.94. The van der Waals surface area contributed by atoms with Crippen molar-refractivity contribution in [2.24, 2.45) is 5.14 Å². The third-order valence-electron chi connectivity index (χ3n) is 3.75. The lowest BCUT2D eigenvalue weighted by Gasteiger charge is -2.12. The lowest BCUT2D eigenvalue weighted by molar-refractivity contribution is 0.598. The molecular weight excluding hydrogens is 340 g/mol. The van der Waals surface area contributed by atoms with Gasteiger partial charge in [-0.3, -0.25) is 0 Å². The molecule has 25 heavy (non-hydrogen) atoms. The maximum atomic E-state index is 12.0. The number of tetrazole rings is 1. The van der Waals surface area contributed by atoms with E-state index in [0.29, 0.717) is 11.1 Å². The highest BCUT2D eigenvalue weighted by atomic mass is 32.2. The predicted octanol–water partition coefficient (Wildman–Crippen LogP) is 1.29. The van der Waals surface area contributed by atoms with Gasteiger partial charge in [-0.05, 0) is 34.5 Å². The van der Waals surface area contributed by atoms with E-state index in [1.807, 2.05) is 31.2 Å². The average Bonchev–Trinajstić information content (AvgIpc) is 3.13. The fraction of sp³-hybridized carbons (Fsp3) is 0.188. The van der Waals surface area contributed by atoms with E-state index in [1.165, 1.54) is 6.07 Å². The number of nitrogens with one attached hydrogen (secondary N) is 2. The van der Waals surface area contributed by atoms with Crippen molar-refractivity contribution in [3.63, 3.8) is 0 Å². The molecule has 0 spiro atoms. The molecule has 130 valence electrons. The molecule has 0 atom stereocenters. The van der Waals surface area contributed by atoms with Gasteiger partial charge < -0.3 is 5.32 Å². The molecule has 0 aliphatic carbocycles. The summed E-state index contributed by atoms with van der Waals surface area (Å²) in [4.78, 5) is -0.0388. The third-order valence-corrected chi connectivity index (χ3v) is 4.70. The van der Waals surface area contributed by atoms with Gasteiger partial charge in [0.05, 0.1) is 10.5 Å². The SMILES string of the molecule is CCNCc1ccc(-c2cccc(S(N)(=O)=O)c2-c2nn[nH]n2)cc1. The Hall–Kier alpha value is -2.62. The lowest BCUT2D eigenvalue weighted by atomic mass is 9.98. The summed E-state index contributed by atoms with van der Waals surface area (Å²) >= 11 is 0. The van der Waals surface area contributed by atoms with Crippen LogP contribution in [0.25, 0.3) is 22.5 Å². The molecule has 0 aliphatic heterocycles. The van der Waals surface area contributed by atoms with Gasteiger partial charge in [0.1, 0.15) is 0 Å². The van der Waals surface area contributed by atoms with Crippen molar-refractivity contribution in [3.8, 4) is 22.5 Å². The number of hydrogen-bond donors (Lipinski definition) is 3. The van der Waals surface area contributed by atoms with Crippen LogP contribution in [-0.2, 0) is 16.6 Å². The van der Waals surface area contributed by atoms with Gasteiger partial charge in [-0.15, -0.1) is 10.2 Å². The zero-order chi connectivity index (χ0) is 17.9. The van der Waals surface area contributed by atoms with Gasteiger partial charge in [-0.1, -0.05) is 43.3 Å². The number of aromatic nitrogens is 4. The van der Waals surface area contributed by atoms with Crippen LogP contribution in [0.2, 0.25) is 0 Å². The largest absolute Gasteiger partial charge is 0.313 e. The van der Waals surface area contributed by atoms with Crippen molar-refractivity contribution in [2.75, 3.05) is 6.54 Å². The summed E-state index contributed by atoms with van der Waals surface area (Å²) in [6.45, 7) is 3.70. The van der Waals surface area contributed by atoms with Crippen molar-refractivity contribution in [3.05, 3.63) is 48.0 Å². The quantitative estimate of drug-likeness (QED) is 0.609. The first-order chi connectivity index (χ1) is 12.0. The molecule has 9 heteroatoms. The molecule has 4 N–H and O–H groups in total.